The lowest BCUT2D eigenvalue weighted by molar-refractivity contribution is 0.311. The Morgan fingerprint density at radius 2 is 2.07 bits per heavy atom. The maximum Gasteiger partial charge on any atom is 0.245 e. The van der Waals surface area contributed by atoms with Crippen molar-refractivity contribution in [3.05, 3.63) is 12.4 Å². The van der Waals surface area contributed by atoms with Crippen LogP contribution < -0.4 is 0 Å². The van der Waals surface area contributed by atoms with Crippen LogP contribution in [0.2, 0.25) is 0 Å². The molecule has 1 aromatic rings. The number of nitrogens with zero attached hydrogens (tertiary/aromatic N) is 2. The van der Waals surface area contributed by atoms with Gasteiger partial charge in [-0.3, -0.25) is 5.10 Å². The molecule has 0 bridgehead atoms. The second-order valence-corrected chi connectivity index (χ2v) is 6.80. The Bertz CT molecular complexity index is 403. The summed E-state index contributed by atoms with van der Waals surface area (Å²) in [7, 11) is -1.81. The summed E-state index contributed by atoms with van der Waals surface area (Å²) in [4.78, 5) is 0.203. The maximum atomic E-state index is 11.9. The molecule has 0 fully saturated rings. The van der Waals surface area contributed by atoms with Crippen LogP contribution in [0.1, 0.15) is 20.8 Å². The molecule has 1 aromatic heterocycles. The smallest absolute Gasteiger partial charge is 0.245 e. The van der Waals surface area contributed by atoms with Crippen molar-refractivity contribution < 1.29 is 8.42 Å². The van der Waals surface area contributed by atoms with Gasteiger partial charge in [-0.1, -0.05) is 20.8 Å². The Labute approximate surface area is 90.5 Å². The molecule has 1 heterocycles. The van der Waals surface area contributed by atoms with Crippen molar-refractivity contribution in [2.45, 2.75) is 25.7 Å². The second-order valence-electron chi connectivity index (χ2n) is 4.76. The van der Waals surface area contributed by atoms with Crippen molar-refractivity contribution in [1.82, 2.24) is 14.5 Å². The van der Waals surface area contributed by atoms with Gasteiger partial charge in [0.05, 0.1) is 6.20 Å². The molecule has 6 heteroatoms. The first-order chi connectivity index (χ1) is 6.73. The van der Waals surface area contributed by atoms with E-state index in [0.717, 1.165) is 0 Å². The summed E-state index contributed by atoms with van der Waals surface area (Å²) >= 11 is 0. The SMILES string of the molecule is CN(CC(C)(C)C)S(=O)(=O)c1cn[nH]c1. The van der Waals surface area contributed by atoms with Crippen molar-refractivity contribution in [2.24, 2.45) is 5.41 Å². The molecule has 0 aliphatic heterocycles. The Kier molecular flexibility index (Phi) is 3.20. The number of hydrogen-bond donors (Lipinski definition) is 1. The Hall–Kier alpha value is -0.880. The average Bonchev–Trinajstić information content (AvgIpc) is 2.52. The van der Waals surface area contributed by atoms with Crippen LogP contribution in [0.15, 0.2) is 17.3 Å². The monoisotopic (exact) mass is 231 g/mol. The molecule has 0 aliphatic carbocycles. The van der Waals surface area contributed by atoms with Crippen molar-refractivity contribution in [3.8, 4) is 0 Å². The molecule has 1 N–H and O–H groups in total. The van der Waals surface area contributed by atoms with E-state index in [1.54, 1.807) is 7.05 Å². The quantitative estimate of drug-likeness (QED) is 0.846. The standard InChI is InChI=1S/C9H17N3O2S/c1-9(2,3)7-12(4)15(13,14)8-5-10-11-6-8/h5-6H,7H2,1-4H3,(H,10,11). The maximum absolute atomic E-state index is 11.9. The summed E-state index contributed by atoms with van der Waals surface area (Å²) in [5.74, 6) is 0. The van der Waals surface area contributed by atoms with Crippen molar-refractivity contribution >= 4 is 10.0 Å². The number of aromatic amines is 1. The van der Waals surface area contributed by atoms with Gasteiger partial charge in [0.2, 0.25) is 10.0 Å². The molecule has 0 unspecified atom stereocenters. The minimum absolute atomic E-state index is 0.0639. The summed E-state index contributed by atoms with van der Waals surface area (Å²) in [5.41, 5.74) is -0.0639. The first-order valence-corrected chi connectivity index (χ1v) is 6.12. The number of sulfonamides is 1. The highest BCUT2D eigenvalue weighted by molar-refractivity contribution is 7.89. The highest BCUT2D eigenvalue weighted by Gasteiger charge is 2.25. The normalized spacial score (nSPS) is 13.4. The number of rotatable bonds is 3. The molecule has 5 nitrogen and oxygen atoms in total. The molecule has 0 spiro atoms. The van der Waals surface area contributed by atoms with Gasteiger partial charge in [-0.2, -0.15) is 5.10 Å². The fourth-order valence-corrected chi connectivity index (χ4v) is 2.62. The molecule has 0 aromatic carbocycles. The highest BCUT2D eigenvalue weighted by atomic mass is 32.2. The predicted octanol–water partition coefficient (Wildman–Crippen LogP) is 1.08. The highest BCUT2D eigenvalue weighted by Crippen LogP contribution is 2.19. The summed E-state index contributed by atoms with van der Waals surface area (Å²) in [6.45, 7) is 6.46. The van der Waals surface area contributed by atoms with Crippen LogP contribution in [-0.4, -0.2) is 36.5 Å². The van der Waals surface area contributed by atoms with Gasteiger partial charge in [-0.15, -0.1) is 0 Å². The minimum Gasteiger partial charge on any atom is -0.284 e. The van der Waals surface area contributed by atoms with Crippen molar-refractivity contribution in [3.63, 3.8) is 0 Å². The van der Waals surface area contributed by atoms with Gasteiger partial charge in [0.1, 0.15) is 4.90 Å². The van der Waals surface area contributed by atoms with E-state index in [1.165, 1.54) is 16.7 Å². The molecule has 1 rings (SSSR count). The number of aromatic nitrogens is 2. The summed E-state index contributed by atoms with van der Waals surface area (Å²) in [5, 5.41) is 6.13. The summed E-state index contributed by atoms with van der Waals surface area (Å²) in [6.07, 6.45) is 2.70. The molecule has 0 saturated heterocycles. The molecule has 0 saturated carbocycles. The van der Waals surface area contributed by atoms with Gasteiger partial charge >= 0.3 is 0 Å². The lowest BCUT2D eigenvalue weighted by Crippen LogP contribution is -2.34. The Morgan fingerprint density at radius 1 is 1.47 bits per heavy atom. The van der Waals surface area contributed by atoms with Crippen LogP contribution in [0, 0.1) is 5.41 Å². The third-order valence-electron chi connectivity index (χ3n) is 1.88. The number of H-pyrrole nitrogens is 1. The molecule has 0 radical (unpaired) electrons. The lowest BCUT2D eigenvalue weighted by atomic mass is 9.97. The largest absolute Gasteiger partial charge is 0.284 e. The molecular formula is C9H17N3O2S. The first-order valence-electron chi connectivity index (χ1n) is 4.68. The molecule has 15 heavy (non-hydrogen) atoms. The second kappa shape index (κ2) is 3.94. The summed E-state index contributed by atoms with van der Waals surface area (Å²) in [6, 6.07) is 0. The van der Waals surface area contributed by atoms with Crippen LogP contribution in [0.3, 0.4) is 0 Å². The van der Waals surface area contributed by atoms with E-state index < -0.39 is 10.0 Å². The van der Waals surface area contributed by atoms with Crippen molar-refractivity contribution in [1.29, 1.82) is 0 Å². The molecular weight excluding hydrogens is 214 g/mol. The van der Waals surface area contributed by atoms with E-state index in [-0.39, 0.29) is 10.3 Å². The van der Waals surface area contributed by atoms with E-state index in [1.807, 2.05) is 20.8 Å². The van der Waals surface area contributed by atoms with E-state index in [4.69, 9.17) is 0 Å². The van der Waals surface area contributed by atoms with Gasteiger partial charge in [0.15, 0.2) is 0 Å². The lowest BCUT2D eigenvalue weighted by Gasteiger charge is -2.25. The molecule has 0 aliphatic rings. The van der Waals surface area contributed by atoms with Crippen LogP contribution in [0.4, 0.5) is 0 Å². The van der Waals surface area contributed by atoms with E-state index in [9.17, 15) is 8.42 Å². The third-order valence-corrected chi connectivity index (χ3v) is 3.65. The number of nitrogens with one attached hydrogen (secondary N) is 1. The Balaban J connectivity index is 2.89. The third kappa shape index (κ3) is 3.04. The van der Waals surface area contributed by atoms with Crippen LogP contribution >= 0.6 is 0 Å². The fraction of sp³-hybridized carbons (Fsp3) is 0.667. The first kappa shape index (κ1) is 12.2. The number of hydrogen-bond acceptors (Lipinski definition) is 3. The fourth-order valence-electron chi connectivity index (χ4n) is 1.31. The van der Waals surface area contributed by atoms with Gasteiger partial charge in [0.25, 0.3) is 0 Å². The predicted molar refractivity (Wildman–Crippen MR) is 57.9 cm³/mol. The van der Waals surface area contributed by atoms with Crippen molar-refractivity contribution in [2.75, 3.05) is 13.6 Å². The van der Waals surface area contributed by atoms with Crippen LogP contribution in [0.25, 0.3) is 0 Å². The average molecular weight is 231 g/mol. The zero-order valence-corrected chi connectivity index (χ0v) is 10.3. The van der Waals surface area contributed by atoms with E-state index >= 15 is 0 Å². The van der Waals surface area contributed by atoms with Gasteiger partial charge < -0.3 is 0 Å². The Morgan fingerprint density at radius 3 is 2.47 bits per heavy atom. The zero-order valence-electron chi connectivity index (χ0n) is 9.48. The van der Waals surface area contributed by atoms with Gasteiger partial charge in [-0.25, -0.2) is 12.7 Å². The molecule has 0 atom stereocenters. The zero-order chi connectivity index (χ0) is 11.7. The van der Waals surface area contributed by atoms with Gasteiger partial charge in [0, 0.05) is 19.8 Å². The van der Waals surface area contributed by atoms with Crippen LogP contribution in [0.5, 0.6) is 0 Å². The topological polar surface area (TPSA) is 66.1 Å². The van der Waals surface area contributed by atoms with E-state index in [2.05, 4.69) is 10.2 Å². The molecule has 86 valence electrons. The summed E-state index contributed by atoms with van der Waals surface area (Å²) < 4.78 is 25.2. The minimum atomic E-state index is -3.39. The van der Waals surface area contributed by atoms with Crippen LogP contribution in [-0.2, 0) is 10.0 Å². The van der Waals surface area contributed by atoms with Gasteiger partial charge in [-0.05, 0) is 5.41 Å². The van der Waals surface area contributed by atoms with E-state index in [0.29, 0.717) is 6.54 Å². The molecule has 0 amide bonds.